The molecule has 0 aromatic carbocycles. The van der Waals surface area contributed by atoms with Crippen molar-refractivity contribution in [2.24, 2.45) is 5.73 Å². The zero-order valence-corrected chi connectivity index (χ0v) is 10.3. The van der Waals surface area contributed by atoms with Gasteiger partial charge in [0.25, 0.3) is 0 Å². The van der Waals surface area contributed by atoms with E-state index in [0.29, 0.717) is 12.1 Å². The molecule has 2 N–H and O–H groups in total. The lowest BCUT2D eigenvalue weighted by Gasteiger charge is -2.38. The first-order valence-electron chi connectivity index (χ1n) is 6.88. The van der Waals surface area contributed by atoms with Crippen LogP contribution in [0.5, 0.6) is 0 Å². The average Bonchev–Trinajstić information content (AvgIpc) is 3.05. The van der Waals surface area contributed by atoms with E-state index in [1.54, 1.807) is 6.26 Å². The maximum atomic E-state index is 6.30. The van der Waals surface area contributed by atoms with Crippen LogP contribution in [0.15, 0.2) is 22.8 Å². The minimum absolute atomic E-state index is 0.360. The van der Waals surface area contributed by atoms with Crippen LogP contribution in [0.4, 0.5) is 0 Å². The first kappa shape index (κ1) is 11.3. The Morgan fingerprint density at radius 3 is 2.71 bits per heavy atom. The van der Waals surface area contributed by atoms with Gasteiger partial charge in [-0.15, -0.1) is 0 Å². The monoisotopic (exact) mass is 234 g/mol. The highest BCUT2D eigenvalue weighted by molar-refractivity contribution is 5.02. The van der Waals surface area contributed by atoms with E-state index in [4.69, 9.17) is 10.2 Å². The first-order chi connectivity index (χ1) is 8.34. The van der Waals surface area contributed by atoms with Crippen LogP contribution in [0.2, 0.25) is 0 Å². The summed E-state index contributed by atoms with van der Waals surface area (Å²) < 4.78 is 5.49. The second-order valence-electron chi connectivity index (χ2n) is 5.50. The number of hydrogen-bond donors (Lipinski definition) is 1. The van der Waals surface area contributed by atoms with Crippen LogP contribution in [0.1, 0.15) is 44.3 Å². The minimum Gasteiger partial charge on any atom is -0.468 e. The molecule has 0 bridgehead atoms. The Morgan fingerprint density at radius 2 is 2.06 bits per heavy atom. The maximum Gasteiger partial charge on any atom is 0.117 e. The largest absolute Gasteiger partial charge is 0.468 e. The van der Waals surface area contributed by atoms with E-state index in [1.165, 1.54) is 38.5 Å². The van der Waals surface area contributed by atoms with Crippen molar-refractivity contribution in [3.05, 3.63) is 24.2 Å². The smallest absolute Gasteiger partial charge is 0.117 e. The van der Waals surface area contributed by atoms with Crippen LogP contribution in [0.3, 0.4) is 0 Å². The lowest BCUT2D eigenvalue weighted by atomic mass is 9.89. The fourth-order valence-corrected chi connectivity index (χ4v) is 3.06. The normalized spacial score (nSPS) is 29.8. The number of rotatable bonds is 4. The zero-order chi connectivity index (χ0) is 11.7. The summed E-state index contributed by atoms with van der Waals surface area (Å²) in [4.78, 5) is 2.60. The molecule has 0 spiro atoms. The highest BCUT2D eigenvalue weighted by Crippen LogP contribution is 2.34. The van der Waals surface area contributed by atoms with Gasteiger partial charge in [0.15, 0.2) is 0 Å². The SMILES string of the molecule is NC1CCCCC1N(Cc1ccco1)C1CC1. The van der Waals surface area contributed by atoms with E-state index >= 15 is 0 Å². The second-order valence-corrected chi connectivity index (χ2v) is 5.50. The molecule has 94 valence electrons. The zero-order valence-electron chi connectivity index (χ0n) is 10.3. The van der Waals surface area contributed by atoms with E-state index in [-0.39, 0.29) is 0 Å². The van der Waals surface area contributed by atoms with Gasteiger partial charge in [0.1, 0.15) is 5.76 Å². The maximum absolute atomic E-state index is 6.30. The third-order valence-electron chi connectivity index (χ3n) is 4.14. The van der Waals surface area contributed by atoms with Crippen molar-refractivity contribution >= 4 is 0 Å². The molecule has 2 unspecified atom stereocenters. The summed E-state index contributed by atoms with van der Waals surface area (Å²) in [5.41, 5.74) is 6.30. The molecule has 2 atom stereocenters. The molecular formula is C14H22N2O. The van der Waals surface area contributed by atoms with Crippen LogP contribution in [0.25, 0.3) is 0 Å². The van der Waals surface area contributed by atoms with Crippen molar-refractivity contribution in [1.29, 1.82) is 0 Å². The van der Waals surface area contributed by atoms with Crippen molar-refractivity contribution < 1.29 is 4.42 Å². The molecule has 1 aromatic rings. The van der Waals surface area contributed by atoms with Gasteiger partial charge in [-0.05, 0) is 37.8 Å². The van der Waals surface area contributed by atoms with Gasteiger partial charge >= 0.3 is 0 Å². The second kappa shape index (κ2) is 4.83. The fourth-order valence-electron chi connectivity index (χ4n) is 3.06. The van der Waals surface area contributed by atoms with Crippen molar-refractivity contribution in [2.45, 2.75) is 63.2 Å². The lowest BCUT2D eigenvalue weighted by Crippen LogP contribution is -2.50. The minimum atomic E-state index is 0.360. The Morgan fingerprint density at radius 1 is 1.24 bits per heavy atom. The Bertz CT molecular complexity index is 345. The molecule has 17 heavy (non-hydrogen) atoms. The standard InChI is InChI=1S/C14H22N2O/c15-13-5-1-2-6-14(13)16(11-7-8-11)10-12-4-3-9-17-12/h3-4,9,11,13-14H,1-2,5-8,10,15H2. The van der Waals surface area contributed by atoms with Crippen molar-refractivity contribution in [3.8, 4) is 0 Å². The highest BCUT2D eigenvalue weighted by atomic mass is 16.3. The molecule has 2 aliphatic carbocycles. The van der Waals surface area contributed by atoms with E-state index in [2.05, 4.69) is 11.0 Å². The summed E-state index contributed by atoms with van der Waals surface area (Å²) in [6, 6.07) is 5.74. The van der Waals surface area contributed by atoms with Crippen LogP contribution >= 0.6 is 0 Å². The first-order valence-corrected chi connectivity index (χ1v) is 6.88. The van der Waals surface area contributed by atoms with Crippen LogP contribution in [0, 0.1) is 0 Å². The van der Waals surface area contributed by atoms with Gasteiger partial charge in [-0.25, -0.2) is 0 Å². The number of nitrogens with two attached hydrogens (primary N) is 1. The van der Waals surface area contributed by atoms with Gasteiger partial charge in [0, 0.05) is 18.1 Å². The Kier molecular flexibility index (Phi) is 3.21. The molecule has 2 aliphatic rings. The third kappa shape index (κ3) is 2.55. The van der Waals surface area contributed by atoms with E-state index in [0.717, 1.165) is 18.3 Å². The Hall–Kier alpha value is -0.800. The predicted molar refractivity (Wildman–Crippen MR) is 67.5 cm³/mol. The van der Waals surface area contributed by atoms with Gasteiger partial charge in [-0.2, -0.15) is 0 Å². The molecule has 0 radical (unpaired) electrons. The van der Waals surface area contributed by atoms with E-state index < -0.39 is 0 Å². The van der Waals surface area contributed by atoms with Gasteiger partial charge in [-0.1, -0.05) is 12.8 Å². The number of furan rings is 1. The Labute approximate surface area is 103 Å². The summed E-state index contributed by atoms with van der Waals surface area (Å²) in [7, 11) is 0. The summed E-state index contributed by atoms with van der Waals surface area (Å²) in [5, 5.41) is 0. The van der Waals surface area contributed by atoms with Gasteiger partial charge in [-0.3, -0.25) is 4.90 Å². The number of hydrogen-bond acceptors (Lipinski definition) is 3. The van der Waals surface area contributed by atoms with Crippen molar-refractivity contribution in [1.82, 2.24) is 4.90 Å². The quantitative estimate of drug-likeness (QED) is 0.870. The van der Waals surface area contributed by atoms with Crippen molar-refractivity contribution in [2.75, 3.05) is 0 Å². The molecule has 2 saturated carbocycles. The third-order valence-corrected chi connectivity index (χ3v) is 4.14. The summed E-state index contributed by atoms with van der Waals surface area (Å²) in [5.74, 6) is 1.08. The molecule has 2 fully saturated rings. The van der Waals surface area contributed by atoms with Gasteiger partial charge < -0.3 is 10.2 Å². The highest BCUT2D eigenvalue weighted by Gasteiger charge is 2.37. The molecule has 1 aromatic heterocycles. The van der Waals surface area contributed by atoms with Crippen molar-refractivity contribution in [3.63, 3.8) is 0 Å². The van der Waals surface area contributed by atoms with Crippen LogP contribution < -0.4 is 5.73 Å². The molecule has 0 saturated heterocycles. The number of nitrogens with zero attached hydrogens (tertiary/aromatic N) is 1. The summed E-state index contributed by atoms with van der Waals surface area (Å²) >= 11 is 0. The van der Waals surface area contributed by atoms with E-state index in [9.17, 15) is 0 Å². The lowest BCUT2D eigenvalue weighted by molar-refractivity contribution is 0.113. The summed E-state index contributed by atoms with van der Waals surface area (Å²) in [6.07, 6.45) is 9.52. The molecule has 3 heteroatoms. The summed E-state index contributed by atoms with van der Waals surface area (Å²) in [6.45, 7) is 0.941. The van der Waals surface area contributed by atoms with Crippen LogP contribution in [-0.4, -0.2) is 23.0 Å². The average molecular weight is 234 g/mol. The fraction of sp³-hybridized carbons (Fsp3) is 0.714. The molecule has 0 amide bonds. The molecule has 3 nitrogen and oxygen atoms in total. The molecule has 1 heterocycles. The Balaban J connectivity index is 1.70. The predicted octanol–water partition coefficient (Wildman–Crippen LogP) is 2.51. The molecule has 0 aliphatic heterocycles. The van der Waals surface area contributed by atoms with Crippen LogP contribution in [-0.2, 0) is 6.54 Å². The topological polar surface area (TPSA) is 42.4 Å². The van der Waals surface area contributed by atoms with Gasteiger partial charge in [0.05, 0.1) is 12.8 Å². The van der Waals surface area contributed by atoms with E-state index in [1.807, 2.05) is 6.07 Å². The molecular weight excluding hydrogens is 212 g/mol. The molecule has 3 rings (SSSR count). The van der Waals surface area contributed by atoms with Gasteiger partial charge in [0.2, 0.25) is 0 Å².